The summed E-state index contributed by atoms with van der Waals surface area (Å²) < 4.78 is 58.6. The highest BCUT2D eigenvalue weighted by Crippen LogP contribution is 2.17. The molecule has 0 unspecified atom stereocenters. The minimum atomic E-state index is -0.455. The fourth-order valence-corrected chi connectivity index (χ4v) is 3.00. The number of hydrogen-bond acceptors (Lipinski definition) is 14. The number of nitrogens with zero attached hydrogens (tertiary/aromatic N) is 1. The molecular formula is C28H47NO14. The summed E-state index contributed by atoms with van der Waals surface area (Å²) in [5, 5.41) is 10.6. The summed E-state index contributed by atoms with van der Waals surface area (Å²) in [7, 11) is 1.35. The molecule has 0 atom stereocenters. The maximum Gasteiger partial charge on any atom is 0.307 e. The number of carbonyl (C=O) groups excluding carboxylic acids is 1. The van der Waals surface area contributed by atoms with E-state index in [4.69, 9.17) is 47.4 Å². The number of hydrogen-bond donors (Lipinski definition) is 0. The zero-order chi connectivity index (χ0) is 31.1. The van der Waals surface area contributed by atoms with Gasteiger partial charge < -0.3 is 52.1 Å². The van der Waals surface area contributed by atoms with Crippen LogP contribution in [-0.4, -0.2) is 144 Å². The Labute approximate surface area is 253 Å². The number of methoxy groups -OCH3 is 1. The van der Waals surface area contributed by atoms with Crippen LogP contribution in [0.25, 0.3) is 0 Å². The number of nitro benzene ring substituents is 1. The van der Waals surface area contributed by atoms with Crippen molar-refractivity contribution in [1.29, 1.82) is 0 Å². The Morgan fingerprint density at radius 3 is 1.14 bits per heavy atom. The van der Waals surface area contributed by atoms with E-state index >= 15 is 0 Å². The normalized spacial score (nSPS) is 11.1. The predicted octanol–water partition coefficient (Wildman–Crippen LogP) is 1.69. The fraction of sp³-hybridized carbons (Fsp3) is 0.750. The largest absolute Gasteiger partial charge is 0.491 e. The summed E-state index contributed by atoms with van der Waals surface area (Å²) in [6.45, 7) is 8.46. The molecule has 15 heteroatoms. The molecule has 1 rings (SSSR count). The Morgan fingerprint density at radius 1 is 0.535 bits per heavy atom. The molecule has 0 aliphatic heterocycles. The molecule has 0 radical (unpaired) electrons. The van der Waals surface area contributed by atoms with Crippen LogP contribution in [0.1, 0.15) is 6.42 Å². The van der Waals surface area contributed by atoms with Crippen molar-refractivity contribution < 1.29 is 61.8 Å². The third kappa shape index (κ3) is 25.7. The van der Waals surface area contributed by atoms with Crippen molar-refractivity contribution in [3.63, 3.8) is 0 Å². The van der Waals surface area contributed by atoms with E-state index in [9.17, 15) is 14.9 Å². The minimum Gasteiger partial charge on any atom is -0.491 e. The first-order chi connectivity index (χ1) is 21.1. The molecule has 1 aromatic rings. The highest BCUT2D eigenvalue weighted by atomic mass is 16.6. The van der Waals surface area contributed by atoms with Gasteiger partial charge in [0.25, 0.3) is 5.69 Å². The third-order valence-electron chi connectivity index (χ3n) is 5.20. The van der Waals surface area contributed by atoms with Crippen LogP contribution in [0, 0.1) is 10.1 Å². The first kappa shape index (κ1) is 38.6. The van der Waals surface area contributed by atoms with Gasteiger partial charge in [0.05, 0.1) is 137 Å². The Bertz CT molecular complexity index is 783. The molecule has 248 valence electrons. The lowest BCUT2D eigenvalue weighted by Gasteiger charge is -2.09. The van der Waals surface area contributed by atoms with Crippen molar-refractivity contribution in [2.45, 2.75) is 6.42 Å². The van der Waals surface area contributed by atoms with Crippen LogP contribution in [0.2, 0.25) is 0 Å². The van der Waals surface area contributed by atoms with Gasteiger partial charge in [0.15, 0.2) is 0 Å². The number of ether oxygens (including phenoxy) is 11. The lowest BCUT2D eigenvalue weighted by atomic mass is 10.3. The number of benzene rings is 1. The second-order valence-corrected chi connectivity index (χ2v) is 8.44. The summed E-state index contributed by atoms with van der Waals surface area (Å²) >= 11 is 0. The molecule has 0 heterocycles. The van der Waals surface area contributed by atoms with Crippen LogP contribution >= 0.6 is 0 Å². The Hall–Kier alpha value is -2.47. The molecule has 0 aromatic heterocycles. The van der Waals surface area contributed by atoms with Crippen LogP contribution < -0.4 is 4.74 Å². The van der Waals surface area contributed by atoms with Crippen molar-refractivity contribution in [2.75, 3.05) is 133 Å². The first-order valence-corrected chi connectivity index (χ1v) is 14.3. The van der Waals surface area contributed by atoms with E-state index in [0.29, 0.717) is 131 Å². The molecular weight excluding hydrogens is 574 g/mol. The third-order valence-corrected chi connectivity index (χ3v) is 5.20. The standard InChI is InChI=1S/C28H47NO14/c1-33-28(30)6-7-34-8-9-35-10-11-36-12-13-37-14-15-38-16-17-39-18-19-40-20-21-41-22-23-42-24-25-43-27-4-2-26(3-5-27)29(31)32/h2-5H,6-25H2,1H3. The van der Waals surface area contributed by atoms with Crippen molar-refractivity contribution in [3.8, 4) is 5.75 Å². The molecule has 15 nitrogen and oxygen atoms in total. The second kappa shape index (κ2) is 29.6. The van der Waals surface area contributed by atoms with E-state index in [1.54, 1.807) is 12.1 Å². The van der Waals surface area contributed by atoms with E-state index in [0.717, 1.165) is 0 Å². The molecule has 0 amide bonds. The summed E-state index contributed by atoms with van der Waals surface area (Å²) in [5.74, 6) is 0.261. The summed E-state index contributed by atoms with van der Waals surface area (Å²) in [4.78, 5) is 21.1. The Kier molecular flexibility index (Phi) is 26.5. The fourth-order valence-electron chi connectivity index (χ4n) is 3.00. The zero-order valence-electron chi connectivity index (χ0n) is 25.1. The summed E-state index contributed by atoms with van der Waals surface area (Å²) in [6, 6.07) is 5.89. The minimum absolute atomic E-state index is 0.0227. The van der Waals surface area contributed by atoms with Crippen LogP contribution in [0.15, 0.2) is 24.3 Å². The second-order valence-electron chi connectivity index (χ2n) is 8.44. The monoisotopic (exact) mass is 621 g/mol. The van der Waals surface area contributed by atoms with Gasteiger partial charge in [-0.05, 0) is 12.1 Å². The maximum atomic E-state index is 10.9. The number of rotatable bonds is 32. The molecule has 0 saturated carbocycles. The number of non-ortho nitro benzene ring substituents is 1. The van der Waals surface area contributed by atoms with Crippen LogP contribution in [-0.2, 0) is 52.2 Å². The average Bonchev–Trinajstić information content (AvgIpc) is 3.02. The molecule has 1 aromatic carbocycles. The Morgan fingerprint density at radius 2 is 0.837 bits per heavy atom. The van der Waals surface area contributed by atoms with Crippen molar-refractivity contribution in [3.05, 3.63) is 34.4 Å². The molecule has 0 bridgehead atoms. The van der Waals surface area contributed by atoms with Crippen molar-refractivity contribution in [1.82, 2.24) is 0 Å². The van der Waals surface area contributed by atoms with Gasteiger partial charge in [0.1, 0.15) is 12.4 Å². The van der Waals surface area contributed by atoms with E-state index in [1.807, 2.05) is 0 Å². The SMILES string of the molecule is COC(=O)CCOCCOCCOCCOCCOCCOCCOCCOCCOCCOc1ccc([N+](=O)[O-])cc1. The molecule has 0 fully saturated rings. The predicted molar refractivity (Wildman–Crippen MR) is 153 cm³/mol. The molecule has 0 N–H and O–H groups in total. The summed E-state index contributed by atoms with van der Waals surface area (Å²) in [6.07, 6.45) is 0.238. The van der Waals surface area contributed by atoms with Crippen LogP contribution in [0.5, 0.6) is 5.75 Å². The quantitative estimate of drug-likeness (QED) is 0.0494. The van der Waals surface area contributed by atoms with Gasteiger partial charge in [-0.25, -0.2) is 0 Å². The van der Waals surface area contributed by atoms with Gasteiger partial charge in [0, 0.05) is 12.1 Å². The van der Waals surface area contributed by atoms with E-state index < -0.39 is 4.92 Å². The van der Waals surface area contributed by atoms with Gasteiger partial charge in [-0.1, -0.05) is 0 Å². The van der Waals surface area contributed by atoms with E-state index in [1.165, 1.54) is 19.2 Å². The average molecular weight is 622 g/mol. The molecule has 43 heavy (non-hydrogen) atoms. The van der Waals surface area contributed by atoms with Gasteiger partial charge in [-0.15, -0.1) is 0 Å². The lowest BCUT2D eigenvalue weighted by molar-refractivity contribution is -0.384. The number of esters is 1. The highest BCUT2D eigenvalue weighted by Gasteiger charge is 2.04. The van der Waals surface area contributed by atoms with Gasteiger partial charge in [-0.3, -0.25) is 14.9 Å². The zero-order valence-corrected chi connectivity index (χ0v) is 25.1. The first-order valence-electron chi connectivity index (χ1n) is 14.3. The smallest absolute Gasteiger partial charge is 0.307 e. The van der Waals surface area contributed by atoms with E-state index in [2.05, 4.69) is 4.74 Å². The molecule has 0 aliphatic carbocycles. The van der Waals surface area contributed by atoms with Crippen LogP contribution in [0.4, 0.5) is 5.69 Å². The Balaban J connectivity index is 1.67. The molecule has 0 spiro atoms. The van der Waals surface area contributed by atoms with Crippen LogP contribution in [0.3, 0.4) is 0 Å². The van der Waals surface area contributed by atoms with Crippen molar-refractivity contribution >= 4 is 11.7 Å². The van der Waals surface area contributed by atoms with Gasteiger partial charge in [-0.2, -0.15) is 0 Å². The molecule has 0 saturated heterocycles. The molecule has 0 aliphatic rings. The lowest BCUT2D eigenvalue weighted by Crippen LogP contribution is -2.15. The van der Waals surface area contributed by atoms with Gasteiger partial charge in [0.2, 0.25) is 0 Å². The maximum absolute atomic E-state index is 10.9. The number of carbonyl (C=O) groups is 1. The van der Waals surface area contributed by atoms with Crippen molar-refractivity contribution in [2.24, 2.45) is 0 Å². The van der Waals surface area contributed by atoms with Gasteiger partial charge >= 0.3 is 5.97 Å². The highest BCUT2D eigenvalue weighted by molar-refractivity contribution is 5.69. The number of nitro groups is 1. The topological polar surface area (TPSA) is 162 Å². The summed E-state index contributed by atoms with van der Waals surface area (Å²) in [5.41, 5.74) is 0.0227. The van der Waals surface area contributed by atoms with E-state index in [-0.39, 0.29) is 18.1 Å².